The number of benzene rings is 1. The molecule has 1 amide bonds. The monoisotopic (exact) mass is 496 g/mol. The number of hydrogen-bond acceptors (Lipinski definition) is 7. The number of halogens is 3. The molecular formula is C21H19F3N4O5S. The summed E-state index contributed by atoms with van der Waals surface area (Å²) in [5, 5.41) is 9.05. The highest BCUT2D eigenvalue weighted by atomic mass is 32.2. The van der Waals surface area contributed by atoms with E-state index in [1.165, 1.54) is 22.8 Å². The van der Waals surface area contributed by atoms with Crippen LogP contribution in [0.3, 0.4) is 0 Å². The van der Waals surface area contributed by atoms with Crippen LogP contribution in [0, 0.1) is 0 Å². The molecule has 2 aromatic heterocycles. The zero-order chi connectivity index (χ0) is 25.2. The average Bonchev–Trinajstić information content (AvgIpc) is 3.09. The number of nitrogens with two attached hydrogens (primary N) is 1. The molecule has 34 heavy (non-hydrogen) atoms. The maximum Gasteiger partial charge on any atom is 0.416 e. The van der Waals surface area contributed by atoms with Crippen LogP contribution in [0.2, 0.25) is 0 Å². The molecule has 0 aliphatic rings. The van der Waals surface area contributed by atoms with Crippen molar-refractivity contribution in [2.75, 3.05) is 12.9 Å². The van der Waals surface area contributed by atoms with Crippen LogP contribution in [0.5, 0.6) is 5.88 Å². The van der Waals surface area contributed by atoms with Gasteiger partial charge >= 0.3 is 12.1 Å². The van der Waals surface area contributed by atoms with E-state index >= 15 is 0 Å². The summed E-state index contributed by atoms with van der Waals surface area (Å²) in [5.41, 5.74) is 4.22. The van der Waals surface area contributed by atoms with E-state index in [2.05, 4.69) is 9.97 Å². The largest absolute Gasteiger partial charge is 0.479 e. The van der Waals surface area contributed by atoms with E-state index in [1.54, 1.807) is 13.2 Å². The molecule has 2 heterocycles. The molecule has 0 unspecified atom stereocenters. The van der Waals surface area contributed by atoms with Crippen molar-refractivity contribution in [3.63, 3.8) is 0 Å². The van der Waals surface area contributed by atoms with E-state index < -0.39 is 36.0 Å². The van der Waals surface area contributed by atoms with Crippen molar-refractivity contribution in [1.29, 1.82) is 0 Å². The lowest BCUT2D eigenvalue weighted by Crippen LogP contribution is -2.24. The molecule has 0 bridgehead atoms. The van der Waals surface area contributed by atoms with Crippen molar-refractivity contribution in [2.45, 2.75) is 31.2 Å². The molecule has 9 nitrogen and oxygen atoms in total. The minimum Gasteiger partial charge on any atom is -0.479 e. The first-order chi connectivity index (χ1) is 16.0. The number of fused-ring (bicyclic) bond motifs is 1. The average molecular weight is 496 g/mol. The highest BCUT2D eigenvalue weighted by molar-refractivity contribution is 7.98. The summed E-state index contributed by atoms with van der Waals surface area (Å²) in [6.45, 7) is 0.483. The lowest BCUT2D eigenvalue weighted by Gasteiger charge is -2.15. The summed E-state index contributed by atoms with van der Waals surface area (Å²) in [4.78, 5) is 44.1. The van der Waals surface area contributed by atoms with E-state index in [-0.39, 0.29) is 51.9 Å². The molecule has 0 aliphatic heterocycles. The van der Waals surface area contributed by atoms with E-state index in [0.29, 0.717) is 0 Å². The van der Waals surface area contributed by atoms with Crippen molar-refractivity contribution >= 4 is 40.5 Å². The van der Waals surface area contributed by atoms with Crippen LogP contribution < -0.4 is 10.5 Å². The molecule has 180 valence electrons. The fraction of sp³-hybridized carbons (Fsp3) is 0.286. The number of amides is 1. The third-order valence-electron chi connectivity index (χ3n) is 4.91. The van der Waals surface area contributed by atoms with Gasteiger partial charge in [-0.2, -0.15) is 18.2 Å². The van der Waals surface area contributed by atoms with Crippen LogP contribution in [-0.4, -0.2) is 50.2 Å². The Morgan fingerprint density at radius 2 is 1.88 bits per heavy atom. The second kappa shape index (κ2) is 9.71. The van der Waals surface area contributed by atoms with E-state index in [9.17, 15) is 27.6 Å². The zero-order valence-electron chi connectivity index (χ0n) is 18.0. The quantitative estimate of drug-likeness (QED) is 0.200. The summed E-state index contributed by atoms with van der Waals surface area (Å²) < 4.78 is 47.5. The van der Waals surface area contributed by atoms with Gasteiger partial charge in [0, 0.05) is 12.2 Å². The summed E-state index contributed by atoms with van der Waals surface area (Å²) in [7, 11) is 0. The minimum atomic E-state index is -4.63. The Kier molecular flexibility index (Phi) is 7.15. The molecule has 3 aromatic rings. The molecule has 0 spiro atoms. The number of carboxylic acids is 1. The number of nitrogens with zero attached hydrogens (tertiary/aromatic N) is 3. The number of ether oxygens (including phenoxy) is 1. The van der Waals surface area contributed by atoms with Crippen molar-refractivity contribution in [1.82, 2.24) is 14.5 Å². The number of carbonyl (C=O) groups excluding carboxylic acids is 2. The molecular weight excluding hydrogens is 477 g/mol. The summed E-state index contributed by atoms with van der Waals surface area (Å²) in [6.07, 6.45) is -2.89. The lowest BCUT2D eigenvalue weighted by atomic mass is 10.1. The molecule has 0 radical (unpaired) electrons. The zero-order valence-corrected chi connectivity index (χ0v) is 18.8. The van der Waals surface area contributed by atoms with Crippen LogP contribution in [0.15, 0.2) is 29.4 Å². The number of Topliss-reactive ketones (excluding diaryl/α,β-unsaturated/α-hetero) is 1. The number of thioether (sulfide) groups is 1. The number of carboxylic acid groups (broad SMARTS) is 1. The van der Waals surface area contributed by atoms with Gasteiger partial charge in [0.1, 0.15) is 5.65 Å². The Morgan fingerprint density at radius 3 is 2.44 bits per heavy atom. The maximum atomic E-state index is 13.6. The number of carbonyl (C=O) groups is 3. The minimum absolute atomic E-state index is 0.0122. The number of aromatic nitrogens is 3. The van der Waals surface area contributed by atoms with Crippen LogP contribution in [0.1, 0.15) is 34.1 Å². The van der Waals surface area contributed by atoms with Gasteiger partial charge in [-0.3, -0.25) is 9.59 Å². The first kappa shape index (κ1) is 25.0. The topological polar surface area (TPSA) is 137 Å². The molecule has 3 rings (SSSR count). The molecule has 0 saturated carbocycles. The standard InChI is InChI=1S/C21H19F3N4O5S/c1-3-12-14(16(31)17(25)32)15-18(26-20(34-2)27-19(15)33-9-13(29)30)28(12)8-10-6-4-5-7-11(10)21(22,23)24/h4-7H,3,8-9H2,1-2H3,(H2,25,32)(H,29,30). The van der Waals surface area contributed by atoms with Gasteiger partial charge in [0.05, 0.1) is 16.5 Å². The number of ketones is 1. The predicted molar refractivity (Wildman–Crippen MR) is 116 cm³/mol. The van der Waals surface area contributed by atoms with Crippen molar-refractivity contribution in [3.8, 4) is 5.88 Å². The van der Waals surface area contributed by atoms with E-state index in [0.717, 1.165) is 17.8 Å². The van der Waals surface area contributed by atoms with Crippen LogP contribution in [0.4, 0.5) is 13.2 Å². The highest BCUT2D eigenvalue weighted by Gasteiger charge is 2.34. The number of alkyl halides is 3. The third kappa shape index (κ3) is 4.83. The molecule has 1 aromatic carbocycles. The van der Waals surface area contributed by atoms with Gasteiger partial charge < -0.3 is 20.1 Å². The Hall–Kier alpha value is -3.61. The maximum absolute atomic E-state index is 13.6. The Labute approximate surface area is 195 Å². The second-order valence-corrected chi connectivity index (χ2v) is 7.78. The first-order valence-electron chi connectivity index (χ1n) is 9.80. The predicted octanol–water partition coefficient (Wildman–Crippen LogP) is 2.91. The smallest absolute Gasteiger partial charge is 0.416 e. The van der Waals surface area contributed by atoms with Gasteiger partial charge in [-0.15, -0.1) is 0 Å². The Morgan fingerprint density at radius 1 is 1.21 bits per heavy atom. The molecule has 0 fully saturated rings. The van der Waals surface area contributed by atoms with Gasteiger partial charge in [0.15, 0.2) is 11.8 Å². The molecule has 13 heteroatoms. The first-order valence-corrected chi connectivity index (χ1v) is 11.0. The molecule has 0 saturated heterocycles. The Balaban J connectivity index is 2.38. The van der Waals surface area contributed by atoms with Gasteiger partial charge in [-0.1, -0.05) is 36.9 Å². The SMILES string of the molecule is CCc1c(C(=O)C(N)=O)c2c(OCC(=O)O)nc(SC)nc2n1Cc1ccccc1C(F)(F)F. The lowest BCUT2D eigenvalue weighted by molar-refractivity contribution is -0.139. The summed E-state index contributed by atoms with van der Waals surface area (Å²) >= 11 is 1.07. The van der Waals surface area contributed by atoms with Gasteiger partial charge in [0.2, 0.25) is 5.88 Å². The summed E-state index contributed by atoms with van der Waals surface area (Å²) in [5.74, 6) is -4.04. The molecule has 0 atom stereocenters. The van der Waals surface area contributed by atoms with Crippen molar-refractivity contribution in [2.24, 2.45) is 5.73 Å². The third-order valence-corrected chi connectivity index (χ3v) is 5.46. The van der Waals surface area contributed by atoms with Crippen LogP contribution in [0.25, 0.3) is 11.0 Å². The molecule has 0 aliphatic carbocycles. The number of primary amides is 1. The number of aliphatic carboxylic acids is 1. The van der Waals surface area contributed by atoms with Gasteiger partial charge in [-0.25, -0.2) is 9.78 Å². The van der Waals surface area contributed by atoms with Gasteiger partial charge in [0.25, 0.3) is 11.7 Å². The van der Waals surface area contributed by atoms with Crippen LogP contribution in [-0.2, 0) is 28.7 Å². The highest BCUT2D eigenvalue weighted by Crippen LogP contribution is 2.37. The summed E-state index contributed by atoms with van der Waals surface area (Å²) in [6, 6.07) is 4.93. The number of rotatable bonds is 9. The normalized spacial score (nSPS) is 11.6. The van der Waals surface area contributed by atoms with E-state index in [4.69, 9.17) is 15.6 Å². The van der Waals surface area contributed by atoms with E-state index in [1.807, 2.05) is 0 Å². The van der Waals surface area contributed by atoms with Crippen LogP contribution >= 0.6 is 11.8 Å². The van der Waals surface area contributed by atoms with Crippen molar-refractivity contribution in [3.05, 3.63) is 46.6 Å². The molecule has 3 N–H and O–H groups in total. The van der Waals surface area contributed by atoms with Gasteiger partial charge in [-0.05, 0) is 24.3 Å². The Bertz CT molecular complexity index is 1290. The number of hydrogen-bond donors (Lipinski definition) is 2. The fourth-order valence-corrected chi connectivity index (χ4v) is 3.92. The van der Waals surface area contributed by atoms with Crippen molar-refractivity contribution < 1.29 is 37.4 Å². The fourth-order valence-electron chi connectivity index (χ4n) is 3.57. The second-order valence-electron chi connectivity index (χ2n) is 7.01.